The highest BCUT2D eigenvalue weighted by Gasteiger charge is 2.17. The Balaban J connectivity index is 2.20. The summed E-state index contributed by atoms with van der Waals surface area (Å²) in [6.45, 7) is 0. The van der Waals surface area contributed by atoms with Crippen molar-refractivity contribution in [2.24, 2.45) is 5.73 Å². The minimum absolute atomic E-state index is 0.380. The molecule has 1 unspecified atom stereocenters. The predicted molar refractivity (Wildman–Crippen MR) is 57.5 cm³/mol. The van der Waals surface area contributed by atoms with Gasteiger partial charge in [-0.25, -0.2) is 0 Å². The van der Waals surface area contributed by atoms with E-state index in [1.54, 1.807) is 0 Å². The average molecular weight is 206 g/mol. The second kappa shape index (κ2) is 3.90. The van der Waals surface area contributed by atoms with E-state index >= 15 is 0 Å². The number of fused-ring (bicyclic) bond motifs is 1. The van der Waals surface area contributed by atoms with Crippen LogP contribution in [0.3, 0.4) is 0 Å². The van der Waals surface area contributed by atoms with Crippen molar-refractivity contribution in [3.05, 3.63) is 29.1 Å². The van der Waals surface area contributed by atoms with Crippen molar-refractivity contribution in [3.63, 3.8) is 0 Å². The van der Waals surface area contributed by atoms with Crippen molar-refractivity contribution in [1.29, 1.82) is 0 Å². The molecule has 1 atom stereocenters. The van der Waals surface area contributed by atoms with E-state index in [0.29, 0.717) is 6.42 Å². The molecule has 0 amide bonds. The largest absolute Gasteiger partial charge is 0.480 e. The topological polar surface area (TPSA) is 79.1 Å². The number of carbonyl (C=O) groups is 1. The van der Waals surface area contributed by atoms with Gasteiger partial charge in [-0.1, -0.05) is 12.2 Å². The molecule has 4 N–H and O–H groups in total. The number of nitrogens with two attached hydrogens (primary N) is 1. The van der Waals surface area contributed by atoms with E-state index in [9.17, 15) is 4.79 Å². The number of aliphatic carboxylic acids is 1. The maximum atomic E-state index is 10.6. The second-order valence-electron chi connectivity index (χ2n) is 3.80. The molecule has 0 fully saturated rings. The Labute approximate surface area is 87.8 Å². The van der Waals surface area contributed by atoms with Gasteiger partial charge in [0.25, 0.3) is 0 Å². The van der Waals surface area contributed by atoms with Gasteiger partial charge in [-0.05, 0) is 24.0 Å². The van der Waals surface area contributed by atoms with Gasteiger partial charge in [0.15, 0.2) is 0 Å². The van der Waals surface area contributed by atoms with Crippen molar-refractivity contribution in [2.75, 3.05) is 0 Å². The SMILES string of the molecule is NC(Cc1c[nH]c2c1C=CCC2)C(=O)O. The molecular weight excluding hydrogens is 192 g/mol. The minimum Gasteiger partial charge on any atom is -0.480 e. The summed E-state index contributed by atoms with van der Waals surface area (Å²) in [5.41, 5.74) is 8.81. The van der Waals surface area contributed by atoms with E-state index in [0.717, 1.165) is 24.0 Å². The number of H-pyrrole nitrogens is 1. The van der Waals surface area contributed by atoms with E-state index < -0.39 is 12.0 Å². The first-order valence-electron chi connectivity index (χ1n) is 5.02. The third kappa shape index (κ3) is 1.94. The van der Waals surface area contributed by atoms with Gasteiger partial charge in [-0.15, -0.1) is 0 Å². The highest BCUT2D eigenvalue weighted by atomic mass is 16.4. The number of allylic oxidation sites excluding steroid dienone is 1. The molecule has 0 saturated heterocycles. The number of hydrogen-bond acceptors (Lipinski definition) is 2. The van der Waals surface area contributed by atoms with Crippen LogP contribution in [0.25, 0.3) is 6.08 Å². The van der Waals surface area contributed by atoms with Crippen molar-refractivity contribution in [1.82, 2.24) is 4.98 Å². The highest BCUT2D eigenvalue weighted by Crippen LogP contribution is 2.22. The molecule has 0 aliphatic heterocycles. The summed E-state index contributed by atoms with van der Waals surface area (Å²) in [6, 6.07) is -0.819. The van der Waals surface area contributed by atoms with Gasteiger partial charge in [0.1, 0.15) is 6.04 Å². The molecule has 80 valence electrons. The van der Waals surface area contributed by atoms with Crippen LogP contribution in [0.4, 0.5) is 0 Å². The predicted octanol–water partition coefficient (Wildman–Crippen LogP) is 0.929. The summed E-state index contributed by atoms with van der Waals surface area (Å²) in [7, 11) is 0. The molecule has 4 heteroatoms. The molecule has 0 radical (unpaired) electrons. The maximum absolute atomic E-state index is 10.6. The van der Waals surface area contributed by atoms with Crippen LogP contribution in [0.2, 0.25) is 0 Å². The lowest BCUT2D eigenvalue weighted by molar-refractivity contribution is -0.138. The summed E-state index contributed by atoms with van der Waals surface area (Å²) < 4.78 is 0. The second-order valence-corrected chi connectivity index (χ2v) is 3.80. The number of aromatic amines is 1. The molecule has 1 aromatic heterocycles. The summed E-state index contributed by atoms with van der Waals surface area (Å²) >= 11 is 0. The van der Waals surface area contributed by atoms with Crippen LogP contribution < -0.4 is 5.73 Å². The first-order valence-corrected chi connectivity index (χ1v) is 5.02. The number of carboxylic acid groups (broad SMARTS) is 1. The monoisotopic (exact) mass is 206 g/mol. The number of hydrogen-bond donors (Lipinski definition) is 3. The van der Waals surface area contributed by atoms with Crippen molar-refractivity contribution in [2.45, 2.75) is 25.3 Å². The van der Waals surface area contributed by atoms with Gasteiger partial charge in [0.05, 0.1) is 0 Å². The molecule has 1 aromatic rings. The van der Waals surface area contributed by atoms with Gasteiger partial charge < -0.3 is 15.8 Å². The fourth-order valence-electron chi connectivity index (χ4n) is 1.86. The Kier molecular flexibility index (Phi) is 2.60. The van der Waals surface area contributed by atoms with Gasteiger partial charge in [0.2, 0.25) is 0 Å². The molecule has 0 bridgehead atoms. The first-order chi connectivity index (χ1) is 7.18. The van der Waals surface area contributed by atoms with Crippen LogP contribution in [-0.4, -0.2) is 22.1 Å². The van der Waals surface area contributed by atoms with Gasteiger partial charge in [-0.3, -0.25) is 4.79 Å². The zero-order chi connectivity index (χ0) is 10.8. The molecule has 0 aromatic carbocycles. The van der Waals surface area contributed by atoms with Crippen molar-refractivity contribution < 1.29 is 9.90 Å². The molecule has 2 rings (SSSR count). The normalized spacial score (nSPS) is 16.1. The number of nitrogens with one attached hydrogen (secondary N) is 1. The zero-order valence-corrected chi connectivity index (χ0v) is 8.36. The van der Waals surface area contributed by atoms with Crippen LogP contribution in [0.15, 0.2) is 12.3 Å². The van der Waals surface area contributed by atoms with Gasteiger partial charge in [0, 0.05) is 18.3 Å². The lowest BCUT2D eigenvalue weighted by atomic mass is 9.98. The number of rotatable bonds is 3. The van der Waals surface area contributed by atoms with E-state index in [4.69, 9.17) is 10.8 Å². The zero-order valence-electron chi connectivity index (χ0n) is 8.36. The number of aromatic nitrogens is 1. The Morgan fingerprint density at radius 1 is 1.67 bits per heavy atom. The Hall–Kier alpha value is -1.55. The molecule has 0 spiro atoms. The van der Waals surface area contributed by atoms with Crippen LogP contribution in [-0.2, 0) is 17.6 Å². The molecule has 0 saturated carbocycles. The Morgan fingerprint density at radius 3 is 3.20 bits per heavy atom. The van der Waals surface area contributed by atoms with E-state index in [1.165, 1.54) is 5.69 Å². The molecule has 1 heterocycles. The van der Waals surface area contributed by atoms with Crippen LogP contribution in [0.1, 0.15) is 23.2 Å². The number of carboxylic acids is 1. The van der Waals surface area contributed by atoms with Gasteiger partial charge >= 0.3 is 5.97 Å². The van der Waals surface area contributed by atoms with Gasteiger partial charge in [-0.2, -0.15) is 0 Å². The summed E-state index contributed by atoms with van der Waals surface area (Å²) in [5.74, 6) is -0.954. The first kappa shape index (κ1) is 9.98. The fourth-order valence-corrected chi connectivity index (χ4v) is 1.86. The average Bonchev–Trinajstić information content (AvgIpc) is 2.62. The third-order valence-corrected chi connectivity index (χ3v) is 2.69. The smallest absolute Gasteiger partial charge is 0.320 e. The fraction of sp³-hybridized carbons (Fsp3) is 0.364. The van der Waals surface area contributed by atoms with E-state index in [2.05, 4.69) is 11.1 Å². The highest BCUT2D eigenvalue weighted by molar-refractivity contribution is 5.74. The Bertz CT molecular complexity index is 407. The molecule has 4 nitrogen and oxygen atoms in total. The van der Waals surface area contributed by atoms with E-state index in [1.807, 2.05) is 12.3 Å². The number of aryl methyl sites for hydroxylation is 1. The lowest BCUT2D eigenvalue weighted by Gasteiger charge is -2.09. The third-order valence-electron chi connectivity index (χ3n) is 2.69. The van der Waals surface area contributed by atoms with Crippen LogP contribution >= 0.6 is 0 Å². The van der Waals surface area contributed by atoms with Crippen LogP contribution in [0, 0.1) is 0 Å². The lowest BCUT2D eigenvalue weighted by Crippen LogP contribution is -2.32. The molecule has 1 aliphatic rings. The maximum Gasteiger partial charge on any atom is 0.320 e. The van der Waals surface area contributed by atoms with Crippen LogP contribution in [0.5, 0.6) is 0 Å². The van der Waals surface area contributed by atoms with Crippen molar-refractivity contribution >= 4 is 12.0 Å². The molecular formula is C11H14N2O2. The summed E-state index contributed by atoms with van der Waals surface area (Å²) in [4.78, 5) is 13.8. The van der Waals surface area contributed by atoms with Crippen molar-refractivity contribution in [3.8, 4) is 0 Å². The summed E-state index contributed by atoms with van der Waals surface area (Å²) in [6.07, 6.45) is 8.42. The summed E-state index contributed by atoms with van der Waals surface area (Å²) in [5, 5.41) is 8.73. The Morgan fingerprint density at radius 2 is 2.47 bits per heavy atom. The standard InChI is InChI=1S/C11H14N2O2/c12-9(11(14)15)5-7-6-13-10-4-2-1-3-8(7)10/h1,3,6,9,13H,2,4-5,12H2,(H,14,15). The molecule has 1 aliphatic carbocycles. The minimum atomic E-state index is -0.954. The quantitative estimate of drug-likeness (QED) is 0.688. The molecule has 15 heavy (non-hydrogen) atoms. The van der Waals surface area contributed by atoms with E-state index in [-0.39, 0.29) is 0 Å².